The van der Waals surface area contributed by atoms with Crippen molar-refractivity contribution in [3.05, 3.63) is 87.6 Å². The van der Waals surface area contributed by atoms with E-state index in [0.717, 1.165) is 10.4 Å². The van der Waals surface area contributed by atoms with Crippen LogP contribution in [-0.4, -0.2) is 25.5 Å². The average molecular weight is 394 g/mol. The van der Waals surface area contributed by atoms with E-state index in [1.165, 1.54) is 12.7 Å². The number of ether oxygens (including phenoxy) is 1. The maximum absolute atomic E-state index is 12.4. The number of carbonyl (C=O) groups is 2. The number of esters is 1. The molecule has 1 heterocycles. The number of carbonyl (C=O) groups excluding carboxylic acids is 2. The van der Waals surface area contributed by atoms with Crippen LogP contribution < -0.4 is 10.6 Å². The van der Waals surface area contributed by atoms with Crippen molar-refractivity contribution in [2.24, 2.45) is 0 Å². The van der Waals surface area contributed by atoms with E-state index in [9.17, 15) is 9.59 Å². The Bertz CT molecular complexity index is 919. The summed E-state index contributed by atoms with van der Waals surface area (Å²) in [5, 5.41) is 8.21. The second kappa shape index (κ2) is 9.30. The summed E-state index contributed by atoms with van der Waals surface area (Å²) in [5.74, 6) is -0.559. The van der Waals surface area contributed by atoms with Gasteiger partial charge in [0.05, 0.1) is 25.3 Å². The Morgan fingerprint density at radius 2 is 1.75 bits per heavy atom. The van der Waals surface area contributed by atoms with Crippen molar-refractivity contribution in [1.82, 2.24) is 5.32 Å². The fraction of sp³-hybridized carbons (Fsp3) is 0.182. The molecular weight excluding hydrogens is 372 g/mol. The van der Waals surface area contributed by atoms with Crippen LogP contribution in [0.15, 0.2) is 66.0 Å². The highest BCUT2D eigenvalue weighted by molar-refractivity contribution is 7.10. The molecule has 144 valence electrons. The number of aryl methyl sites for hydroxylation is 1. The molecule has 5 nitrogen and oxygen atoms in total. The molecule has 28 heavy (non-hydrogen) atoms. The van der Waals surface area contributed by atoms with Crippen LogP contribution in [0.4, 0.5) is 5.69 Å². The molecule has 0 aliphatic rings. The third-order valence-electron chi connectivity index (χ3n) is 4.29. The minimum absolute atomic E-state index is 0.0481. The second-order valence-corrected chi connectivity index (χ2v) is 7.34. The molecule has 3 rings (SSSR count). The zero-order valence-electron chi connectivity index (χ0n) is 15.8. The van der Waals surface area contributed by atoms with Gasteiger partial charge >= 0.3 is 5.97 Å². The molecule has 0 unspecified atom stereocenters. The number of nitrogens with one attached hydrogen (secondary N) is 2. The van der Waals surface area contributed by atoms with E-state index in [-0.39, 0.29) is 18.5 Å². The number of methoxy groups -OCH3 is 1. The maximum atomic E-state index is 12.4. The van der Waals surface area contributed by atoms with Crippen LogP contribution in [-0.2, 0) is 9.53 Å². The molecule has 1 atom stereocenters. The van der Waals surface area contributed by atoms with Gasteiger partial charge in [-0.25, -0.2) is 4.79 Å². The lowest BCUT2D eigenvalue weighted by molar-refractivity contribution is -0.115. The topological polar surface area (TPSA) is 67.4 Å². The van der Waals surface area contributed by atoms with Crippen molar-refractivity contribution in [1.29, 1.82) is 0 Å². The van der Waals surface area contributed by atoms with Crippen LogP contribution >= 0.6 is 11.3 Å². The predicted octanol–water partition coefficient (Wildman–Crippen LogP) is 4.16. The summed E-state index contributed by atoms with van der Waals surface area (Å²) in [6.45, 7) is 2.21. The minimum atomic E-state index is -0.406. The lowest BCUT2D eigenvalue weighted by atomic mass is 10.0. The molecule has 0 radical (unpaired) electrons. The van der Waals surface area contributed by atoms with Crippen molar-refractivity contribution in [3.63, 3.8) is 0 Å². The van der Waals surface area contributed by atoms with Gasteiger partial charge < -0.3 is 10.1 Å². The van der Waals surface area contributed by atoms with E-state index >= 15 is 0 Å². The Kier molecular flexibility index (Phi) is 6.57. The SMILES string of the molecule is COC(=O)c1ccc(NC(=O)CN[C@@H](c2ccc(C)cc2)c2cccs2)cc1. The Labute approximate surface area is 168 Å². The molecule has 0 fully saturated rings. The fourth-order valence-electron chi connectivity index (χ4n) is 2.80. The number of thiophene rings is 1. The highest BCUT2D eigenvalue weighted by atomic mass is 32.1. The van der Waals surface area contributed by atoms with Gasteiger partial charge in [0, 0.05) is 10.6 Å². The number of benzene rings is 2. The Balaban J connectivity index is 1.64. The van der Waals surface area contributed by atoms with Crippen molar-refractivity contribution in [2.75, 3.05) is 19.0 Å². The summed E-state index contributed by atoms with van der Waals surface area (Å²) in [7, 11) is 1.34. The molecule has 3 aromatic rings. The van der Waals surface area contributed by atoms with Crippen molar-refractivity contribution < 1.29 is 14.3 Å². The number of rotatable bonds is 7. The highest BCUT2D eigenvalue weighted by Crippen LogP contribution is 2.26. The summed E-state index contributed by atoms with van der Waals surface area (Å²) in [4.78, 5) is 25.0. The van der Waals surface area contributed by atoms with Gasteiger partial charge in [-0.2, -0.15) is 0 Å². The average Bonchev–Trinajstić information content (AvgIpc) is 3.24. The first kappa shape index (κ1) is 19.8. The minimum Gasteiger partial charge on any atom is -0.465 e. The molecule has 0 aliphatic carbocycles. The van der Waals surface area contributed by atoms with E-state index in [1.54, 1.807) is 35.6 Å². The molecule has 0 saturated heterocycles. The van der Waals surface area contributed by atoms with Crippen molar-refractivity contribution >= 4 is 28.9 Å². The first-order valence-electron chi connectivity index (χ1n) is 8.88. The molecule has 2 aromatic carbocycles. The van der Waals surface area contributed by atoms with E-state index < -0.39 is 5.97 Å². The van der Waals surface area contributed by atoms with Gasteiger partial charge in [0.2, 0.25) is 5.91 Å². The lowest BCUT2D eigenvalue weighted by Crippen LogP contribution is -2.31. The van der Waals surface area contributed by atoms with Gasteiger partial charge in [-0.1, -0.05) is 35.9 Å². The van der Waals surface area contributed by atoms with Gasteiger partial charge in [-0.3, -0.25) is 10.1 Å². The monoisotopic (exact) mass is 394 g/mol. The number of amides is 1. The molecule has 0 bridgehead atoms. The molecule has 0 spiro atoms. The van der Waals surface area contributed by atoms with Gasteiger partial charge in [0.15, 0.2) is 0 Å². The number of hydrogen-bond donors (Lipinski definition) is 2. The number of hydrogen-bond acceptors (Lipinski definition) is 5. The standard InChI is InChI=1S/C22H22N2O3S/c1-15-5-7-16(8-6-15)21(19-4-3-13-28-19)23-14-20(25)24-18-11-9-17(10-12-18)22(26)27-2/h3-13,21,23H,14H2,1-2H3,(H,24,25)/t21-/m0/s1. The van der Waals surface area contributed by atoms with Crippen LogP contribution in [0.25, 0.3) is 0 Å². The largest absolute Gasteiger partial charge is 0.465 e. The van der Waals surface area contributed by atoms with E-state index in [2.05, 4.69) is 52.6 Å². The van der Waals surface area contributed by atoms with Crippen LogP contribution in [0.5, 0.6) is 0 Å². The zero-order valence-corrected chi connectivity index (χ0v) is 16.6. The quantitative estimate of drug-likeness (QED) is 0.591. The molecule has 1 aromatic heterocycles. The van der Waals surface area contributed by atoms with Crippen LogP contribution in [0, 0.1) is 6.92 Å². The van der Waals surface area contributed by atoms with Crippen LogP contribution in [0.3, 0.4) is 0 Å². The predicted molar refractivity (Wildman–Crippen MR) is 112 cm³/mol. The molecule has 0 saturated carbocycles. The normalized spacial score (nSPS) is 11.6. The van der Waals surface area contributed by atoms with Crippen molar-refractivity contribution in [3.8, 4) is 0 Å². The summed E-state index contributed by atoms with van der Waals surface area (Å²) >= 11 is 1.65. The second-order valence-electron chi connectivity index (χ2n) is 6.36. The third kappa shape index (κ3) is 5.06. The molecule has 0 aliphatic heterocycles. The summed E-state index contributed by atoms with van der Waals surface area (Å²) < 4.78 is 4.67. The molecule has 6 heteroatoms. The molecular formula is C22H22N2O3S. The summed E-state index contributed by atoms with van der Waals surface area (Å²) in [6, 6.07) is 18.9. The van der Waals surface area contributed by atoms with Gasteiger partial charge in [-0.05, 0) is 48.2 Å². The first-order valence-corrected chi connectivity index (χ1v) is 9.76. The highest BCUT2D eigenvalue weighted by Gasteiger charge is 2.16. The smallest absolute Gasteiger partial charge is 0.337 e. The van der Waals surface area contributed by atoms with Gasteiger partial charge in [0.25, 0.3) is 0 Å². The zero-order chi connectivity index (χ0) is 19.9. The number of anilines is 1. The lowest BCUT2D eigenvalue weighted by Gasteiger charge is -2.18. The van der Waals surface area contributed by atoms with E-state index in [0.29, 0.717) is 11.3 Å². The first-order chi connectivity index (χ1) is 13.6. The molecule has 2 N–H and O–H groups in total. The van der Waals surface area contributed by atoms with Crippen molar-refractivity contribution in [2.45, 2.75) is 13.0 Å². The van der Waals surface area contributed by atoms with Crippen LogP contribution in [0.2, 0.25) is 0 Å². The van der Waals surface area contributed by atoms with Crippen LogP contribution in [0.1, 0.15) is 32.4 Å². The fourth-order valence-corrected chi connectivity index (χ4v) is 3.63. The molecule has 1 amide bonds. The van der Waals surface area contributed by atoms with Gasteiger partial charge in [0.1, 0.15) is 0 Å². The van der Waals surface area contributed by atoms with E-state index in [1.807, 2.05) is 11.4 Å². The Morgan fingerprint density at radius 3 is 2.36 bits per heavy atom. The third-order valence-corrected chi connectivity index (χ3v) is 5.23. The summed E-state index contributed by atoms with van der Waals surface area (Å²) in [6.07, 6.45) is 0. The Morgan fingerprint density at radius 1 is 1.04 bits per heavy atom. The maximum Gasteiger partial charge on any atom is 0.337 e. The Hall–Kier alpha value is -2.96. The summed E-state index contributed by atoms with van der Waals surface area (Å²) in [5.41, 5.74) is 3.38. The van der Waals surface area contributed by atoms with E-state index in [4.69, 9.17) is 0 Å². The van der Waals surface area contributed by atoms with Gasteiger partial charge in [-0.15, -0.1) is 11.3 Å².